The SMILES string of the molecule is CC1([N+](=O)[O-])C=C([N+](=O)[O-])C=CC1O.[H-].[Na+]. The zero-order chi connectivity index (χ0) is 10.9. The van der Waals surface area contributed by atoms with Crippen molar-refractivity contribution in [2.75, 3.05) is 0 Å². The van der Waals surface area contributed by atoms with E-state index in [4.69, 9.17) is 0 Å². The molecular weight excluding hydrogens is 215 g/mol. The summed E-state index contributed by atoms with van der Waals surface area (Å²) in [5, 5.41) is 30.3. The van der Waals surface area contributed by atoms with Gasteiger partial charge in [0.2, 0.25) is 0 Å². The second-order valence-electron chi connectivity index (χ2n) is 3.11. The number of allylic oxidation sites excluding steroid dienone is 1. The summed E-state index contributed by atoms with van der Waals surface area (Å²) in [7, 11) is 0. The van der Waals surface area contributed by atoms with Gasteiger partial charge in [0.05, 0.1) is 11.0 Å². The van der Waals surface area contributed by atoms with Gasteiger partial charge in [-0.3, -0.25) is 20.2 Å². The molecule has 0 aromatic heterocycles. The third-order valence-electron chi connectivity index (χ3n) is 2.09. The molecule has 1 N–H and O–H groups in total. The van der Waals surface area contributed by atoms with Gasteiger partial charge in [-0.25, -0.2) is 0 Å². The third-order valence-corrected chi connectivity index (χ3v) is 2.09. The summed E-state index contributed by atoms with van der Waals surface area (Å²) in [5.41, 5.74) is -2.20. The van der Waals surface area contributed by atoms with Gasteiger partial charge in [-0.15, -0.1) is 0 Å². The van der Waals surface area contributed by atoms with E-state index < -0.39 is 21.5 Å². The van der Waals surface area contributed by atoms with E-state index in [1.807, 2.05) is 0 Å². The van der Waals surface area contributed by atoms with Gasteiger partial charge < -0.3 is 6.53 Å². The molecular formula is C7H9N2NaO5. The van der Waals surface area contributed by atoms with Crippen LogP contribution in [0, 0.1) is 20.2 Å². The molecule has 8 heteroatoms. The van der Waals surface area contributed by atoms with E-state index in [0.29, 0.717) is 0 Å². The Morgan fingerprint density at radius 2 is 2.07 bits per heavy atom. The van der Waals surface area contributed by atoms with Crippen LogP contribution in [0.5, 0.6) is 0 Å². The van der Waals surface area contributed by atoms with Crippen LogP contribution in [-0.2, 0) is 0 Å². The van der Waals surface area contributed by atoms with Gasteiger partial charge >= 0.3 is 29.6 Å². The maximum Gasteiger partial charge on any atom is 1.00 e. The maximum atomic E-state index is 10.6. The zero-order valence-electron chi connectivity index (χ0n) is 9.28. The van der Waals surface area contributed by atoms with Crippen molar-refractivity contribution in [3.8, 4) is 0 Å². The van der Waals surface area contributed by atoms with Crippen molar-refractivity contribution < 1.29 is 45.9 Å². The van der Waals surface area contributed by atoms with Gasteiger partial charge in [0, 0.05) is 17.9 Å². The first kappa shape index (κ1) is 14.2. The van der Waals surface area contributed by atoms with Crippen LogP contribution in [0.4, 0.5) is 0 Å². The van der Waals surface area contributed by atoms with Crippen molar-refractivity contribution in [1.82, 2.24) is 0 Å². The molecule has 0 saturated heterocycles. The molecule has 1 rings (SSSR count). The van der Waals surface area contributed by atoms with Crippen LogP contribution < -0.4 is 29.6 Å². The summed E-state index contributed by atoms with van der Waals surface area (Å²) < 4.78 is 0. The average molecular weight is 224 g/mol. The Kier molecular flexibility index (Phi) is 4.60. The largest absolute Gasteiger partial charge is 1.00 e. The standard InChI is InChI=1S/C7H8N2O5.Na.H/c1-7(9(13)14)4-5(8(11)12)2-3-6(7)10;;/h2-4,6,10H,1H3;;/q;+1;-1. The Balaban J connectivity index is 0. The predicted octanol–water partition coefficient (Wildman–Crippen LogP) is -2.77. The number of hydrogen-bond acceptors (Lipinski definition) is 5. The van der Waals surface area contributed by atoms with Gasteiger partial charge in [0.1, 0.15) is 6.10 Å². The number of hydrogen-bond donors (Lipinski definition) is 1. The molecule has 7 nitrogen and oxygen atoms in total. The third kappa shape index (κ3) is 2.63. The van der Waals surface area contributed by atoms with E-state index in [-0.39, 0.29) is 36.7 Å². The fourth-order valence-corrected chi connectivity index (χ4v) is 1.09. The van der Waals surface area contributed by atoms with Crippen LogP contribution in [0.15, 0.2) is 23.9 Å². The number of nitrogens with zero attached hydrogens (tertiary/aromatic N) is 2. The molecule has 0 spiro atoms. The first-order chi connectivity index (χ1) is 6.38. The number of aliphatic hydroxyl groups is 1. The number of nitro groups is 2. The van der Waals surface area contributed by atoms with Crippen molar-refractivity contribution in [3.63, 3.8) is 0 Å². The molecule has 1 aliphatic carbocycles. The fourth-order valence-electron chi connectivity index (χ4n) is 1.09. The van der Waals surface area contributed by atoms with Gasteiger partial charge in [-0.2, -0.15) is 0 Å². The van der Waals surface area contributed by atoms with Crippen molar-refractivity contribution in [2.45, 2.75) is 18.6 Å². The fraction of sp³-hybridized carbons (Fsp3) is 0.429. The van der Waals surface area contributed by atoms with E-state index in [1.54, 1.807) is 0 Å². The molecule has 1 aliphatic rings. The van der Waals surface area contributed by atoms with Crippen LogP contribution in [0.2, 0.25) is 0 Å². The quantitative estimate of drug-likeness (QED) is 0.310. The Morgan fingerprint density at radius 3 is 2.47 bits per heavy atom. The molecule has 2 unspecified atom stereocenters. The van der Waals surface area contributed by atoms with E-state index in [2.05, 4.69) is 0 Å². The predicted molar refractivity (Wildman–Crippen MR) is 46.7 cm³/mol. The summed E-state index contributed by atoms with van der Waals surface area (Å²) in [6.07, 6.45) is 1.59. The normalized spacial score (nSPS) is 28.9. The molecule has 0 aromatic carbocycles. The summed E-state index contributed by atoms with van der Waals surface area (Å²) in [5.74, 6) is 0. The second kappa shape index (κ2) is 4.84. The van der Waals surface area contributed by atoms with Crippen LogP contribution >= 0.6 is 0 Å². The molecule has 0 aliphatic heterocycles. The van der Waals surface area contributed by atoms with Gasteiger partial charge in [0.25, 0.3) is 11.2 Å². The summed E-state index contributed by atoms with van der Waals surface area (Å²) in [6, 6.07) is 0. The van der Waals surface area contributed by atoms with E-state index in [9.17, 15) is 25.3 Å². The van der Waals surface area contributed by atoms with Crippen LogP contribution in [0.1, 0.15) is 8.35 Å². The minimum absolute atomic E-state index is 0. The van der Waals surface area contributed by atoms with Crippen LogP contribution in [-0.4, -0.2) is 26.6 Å². The van der Waals surface area contributed by atoms with Gasteiger partial charge in [-0.1, -0.05) is 0 Å². The molecule has 78 valence electrons. The van der Waals surface area contributed by atoms with Crippen molar-refractivity contribution in [1.29, 1.82) is 0 Å². The molecule has 15 heavy (non-hydrogen) atoms. The molecule has 0 aromatic rings. The average Bonchev–Trinajstić information content (AvgIpc) is 2.09. The van der Waals surface area contributed by atoms with Crippen molar-refractivity contribution >= 4 is 0 Å². The first-order valence-corrected chi connectivity index (χ1v) is 3.76. The Morgan fingerprint density at radius 1 is 1.53 bits per heavy atom. The molecule has 0 heterocycles. The number of rotatable bonds is 2. The van der Waals surface area contributed by atoms with E-state index >= 15 is 0 Å². The molecule has 0 bridgehead atoms. The minimum Gasteiger partial charge on any atom is -1.00 e. The van der Waals surface area contributed by atoms with E-state index in [1.165, 1.54) is 0 Å². The monoisotopic (exact) mass is 224 g/mol. The summed E-state index contributed by atoms with van der Waals surface area (Å²) >= 11 is 0. The van der Waals surface area contributed by atoms with Crippen LogP contribution in [0.3, 0.4) is 0 Å². The topological polar surface area (TPSA) is 107 Å². The molecule has 0 fully saturated rings. The maximum absolute atomic E-state index is 10.6. The van der Waals surface area contributed by atoms with Crippen LogP contribution in [0.25, 0.3) is 0 Å². The summed E-state index contributed by atoms with van der Waals surface area (Å²) in [6.45, 7) is 1.13. The summed E-state index contributed by atoms with van der Waals surface area (Å²) in [4.78, 5) is 19.5. The Bertz CT molecular complexity index is 359. The second-order valence-corrected chi connectivity index (χ2v) is 3.11. The molecule has 0 saturated carbocycles. The first-order valence-electron chi connectivity index (χ1n) is 3.76. The minimum atomic E-state index is -1.82. The smallest absolute Gasteiger partial charge is 1.00 e. The van der Waals surface area contributed by atoms with Crippen molar-refractivity contribution in [3.05, 3.63) is 44.2 Å². The molecule has 2 atom stereocenters. The Hall–Kier alpha value is -0.760. The van der Waals surface area contributed by atoms with Gasteiger partial charge in [0.15, 0.2) is 0 Å². The zero-order valence-corrected chi connectivity index (χ0v) is 10.3. The molecule has 0 radical (unpaired) electrons. The number of aliphatic hydroxyl groups excluding tert-OH is 1. The molecule has 0 amide bonds. The van der Waals surface area contributed by atoms with Gasteiger partial charge in [-0.05, 0) is 6.08 Å². The van der Waals surface area contributed by atoms with E-state index in [0.717, 1.165) is 25.2 Å². The Labute approximate surface area is 109 Å². The van der Waals surface area contributed by atoms with Crippen molar-refractivity contribution in [2.24, 2.45) is 0 Å².